The Morgan fingerprint density at radius 3 is 2.33 bits per heavy atom. The number of hydrogen-bond acceptors (Lipinski definition) is 4. The van der Waals surface area contributed by atoms with Crippen molar-refractivity contribution in [3.63, 3.8) is 0 Å². The number of carbonyl (C=O) groups excluding carboxylic acids is 2. The maximum Gasteiger partial charge on any atom is 0.272 e. The van der Waals surface area contributed by atoms with Crippen LogP contribution < -0.4 is 9.64 Å². The Morgan fingerprint density at radius 2 is 1.70 bits per heavy atom. The molecule has 0 atom stereocenters. The zero-order valence-electron chi connectivity index (χ0n) is 16.2. The van der Waals surface area contributed by atoms with Crippen molar-refractivity contribution in [1.29, 1.82) is 0 Å². The number of ether oxygens (including phenoxy) is 1. The molecule has 0 unspecified atom stereocenters. The number of amides is 2. The summed E-state index contributed by atoms with van der Waals surface area (Å²) in [6.45, 7) is 8.07. The number of hydrogen-bond donors (Lipinski definition) is 0. The summed E-state index contributed by atoms with van der Waals surface area (Å²) in [5.41, 5.74) is 4.02. The fourth-order valence-electron chi connectivity index (χ4n) is 2.99. The molecule has 3 rings (SSSR count). The third kappa shape index (κ3) is 3.65. The third-order valence-electron chi connectivity index (χ3n) is 4.50. The minimum absolute atomic E-state index is 0.184. The average molecular weight is 381 g/mol. The van der Waals surface area contributed by atoms with E-state index in [1.165, 1.54) is 16.7 Å². The summed E-state index contributed by atoms with van der Waals surface area (Å²) in [6, 6.07) is 12.9. The van der Waals surface area contributed by atoms with Gasteiger partial charge in [0.1, 0.15) is 5.75 Å². The summed E-state index contributed by atoms with van der Waals surface area (Å²) in [5.74, 6) is 0.0330. The van der Waals surface area contributed by atoms with Gasteiger partial charge in [-0.15, -0.1) is 11.8 Å². The summed E-state index contributed by atoms with van der Waals surface area (Å²) in [6.07, 6.45) is 0. The molecule has 0 fully saturated rings. The first kappa shape index (κ1) is 19.2. The van der Waals surface area contributed by atoms with Crippen LogP contribution in [0.3, 0.4) is 0 Å². The van der Waals surface area contributed by atoms with Gasteiger partial charge >= 0.3 is 0 Å². The lowest BCUT2D eigenvalue weighted by Gasteiger charge is -2.16. The van der Waals surface area contributed by atoms with Gasteiger partial charge in [0.05, 0.1) is 23.3 Å². The van der Waals surface area contributed by atoms with Crippen molar-refractivity contribution in [3.8, 4) is 5.75 Å². The first-order valence-electron chi connectivity index (χ1n) is 8.85. The Balaban J connectivity index is 2.12. The molecule has 27 heavy (non-hydrogen) atoms. The van der Waals surface area contributed by atoms with Gasteiger partial charge in [0.2, 0.25) is 0 Å². The van der Waals surface area contributed by atoms with Crippen LogP contribution in [0.25, 0.3) is 5.57 Å². The topological polar surface area (TPSA) is 46.6 Å². The maximum atomic E-state index is 13.3. The molecule has 0 saturated heterocycles. The quantitative estimate of drug-likeness (QED) is 0.702. The van der Waals surface area contributed by atoms with E-state index in [2.05, 4.69) is 0 Å². The van der Waals surface area contributed by atoms with Gasteiger partial charge in [0, 0.05) is 11.3 Å². The van der Waals surface area contributed by atoms with Crippen LogP contribution in [-0.4, -0.2) is 24.2 Å². The number of anilines is 1. The number of rotatable bonds is 5. The Hall–Kier alpha value is -2.53. The van der Waals surface area contributed by atoms with Crippen molar-refractivity contribution < 1.29 is 14.3 Å². The van der Waals surface area contributed by atoms with E-state index in [1.54, 1.807) is 31.4 Å². The minimum atomic E-state index is -0.292. The van der Waals surface area contributed by atoms with Gasteiger partial charge in [-0.2, -0.15) is 0 Å². The van der Waals surface area contributed by atoms with Gasteiger partial charge in [0.25, 0.3) is 11.8 Å². The molecule has 1 heterocycles. The molecule has 140 valence electrons. The van der Waals surface area contributed by atoms with Crippen molar-refractivity contribution in [3.05, 3.63) is 64.1 Å². The number of aryl methyl sites for hydroxylation is 2. The Bertz CT molecular complexity index is 946. The Morgan fingerprint density at radius 1 is 0.963 bits per heavy atom. The number of methoxy groups -OCH3 is 1. The Kier molecular flexibility index (Phi) is 5.42. The molecule has 0 saturated carbocycles. The predicted octanol–water partition coefficient (Wildman–Crippen LogP) is 4.74. The van der Waals surface area contributed by atoms with Crippen molar-refractivity contribution in [2.75, 3.05) is 12.0 Å². The van der Waals surface area contributed by atoms with E-state index in [4.69, 9.17) is 4.74 Å². The summed E-state index contributed by atoms with van der Waals surface area (Å²) in [5, 5.41) is 0.184. The lowest BCUT2D eigenvalue weighted by atomic mass is 10.0. The van der Waals surface area contributed by atoms with E-state index in [0.29, 0.717) is 21.9 Å². The molecule has 1 aliphatic heterocycles. The molecule has 4 nitrogen and oxygen atoms in total. The highest BCUT2D eigenvalue weighted by Crippen LogP contribution is 2.40. The molecule has 2 aromatic carbocycles. The first-order chi connectivity index (χ1) is 12.8. The largest absolute Gasteiger partial charge is 0.497 e. The Labute approximate surface area is 164 Å². The summed E-state index contributed by atoms with van der Waals surface area (Å²) in [7, 11) is 1.56. The fraction of sp³-hybridized carbons (Fsp3) is 0.273. The second kappa shape index (κ2) is 7.61. The molecule has 0 spiro atoms. The zero-order valence-corrected chi connectivity index (χ0v) is 17.0. The van der Waals surface area contributed by atoms with Gasteiger partial charge in [-0.1, -0.05) is 38.1 Å². The second-order valence-corrected chi connectivity index (χ2v) is 8.40. The maximum absolute atomic E-state index is 13.3. The molecular formula is C22H23NO3S. The highest BCUT2D eigenvalue weighted by Gasteiger charge is 2.40. The number of imide groups is 1. The normalized spacial score (nSPS) is 14.5. The van der Waals surface area contributed by atoms with Gasteiger partial charge in [-0.25, -0.2) is 4.90 Å². The molecule has 1 aliphatic rings. The minimum Gasteiger partial charge on any atom is -0.497 e. The van der Waals surface area contributed by atoms with Gasteiger partial charge in [0.15, 0.2) is 0 Å². The molecular weight excluding hydrogens is 358 g/mol. The number of nitrogens with zero attached hydrogens (tertiary/aromatic N) is 1. The number of thioether (sulfide) groups is 1. The van der Waals surface area contributed by atoms with Crippen LogP contribution in [0.4, 0.5) is 5.69 Å². The molecule has 0 aromatic heterocycles. The lowest BCUT2D eigenvalue weighted by molar-refractivity contribution is -0.119. The third-order valence-corrected chi connectivity index (χ3v) is 5.59. The first-order valence-corrected chi connectivity index (χ1v) is 9.73. The smallest absolute Gasteiger partial charge is 0.272 e. The SMILES string of the molecule is COc1cccc(N2C(=O)C(SC(C)C)=C(c3ccc(C)c(C)c3)C2=O)c1. The standard InChI is InChI=1S/C22H23NO3S/c1-13(2)27-20-19(16-10-9-14(3)15(4)11-16)21(24)23(22(20)25)17-7-6-8-18(12-17)26-5/h6-13H,1-5H3. The fourth-order valence-corrected chi connectivity index (χ4v) is 3.98. The van der Waals surface area contributed by atoms with E-state index >= 15 is 0 Å². The van der Waals surface area contributed by atoms with Crippen LogP contribution in [0.15, 0.2) is 47.4 Å². The van der Waals surface area contributed by atoms with Crippen molar-refractivity contribution in [2.24, 2.45) is 0 Å². The average Bonchev–Trinajstić information content (AvgIpc) is 2.87. The summed E-state index contributed by atoms with van der Waals surface area (Å²) >= 11 is 1.43. The summed E-state index contributed by atoms with van der Waals surface area (Å²) in [4.78, 5) is 28.2. The highest BCUT2D eigenvalue weighted by atomic mass is 32.2. The van der Waals surface area contributed by atoms with Gasteiger partial charge in [-0.05, 0) is 42.7 Å². The van der Waals surface area contributed by atoms with Crippen LogP contribution in [0.5, 0.6) is 5.75 Å². The van der Waals surface area contributed by atoms with Gasteiger partial charge in [-0.3, -0.25) is 9.59 Å². The van der Waals surface area contributed by atoms with Crippen LogP contribution in [-0.2, 0) is 9.59 Å². The molecule has 0 N–H and O–H groups in total. The van der Waals surface area contributed by atoms with Crippen molar-refractivity contribution in [1.82, 2.24) is 0 Å². The van der Waals surface area contributed by atoms with Crippen molar-refractivity contribution in [2.45, 2.75) is 32.9 Å². The van der Waals surface area contributed by atoms with E-state index in [9.17, 15) is 9.59 Å². The molecule has 0 bridgehead atoms. The monoisotopic (exact) mass is 381 g/mol. The molecule has 2 amide bonds. The van der Waals surface area contributed by atoms with Crippen LogP contribution in [0.1, 0.15) is 30.5 Å². The number of carbonyl (C=O) groups is 2. The lowest BCUT2D eigenvalue weighted by Crippen LogP contribution is -2.31. The molecule has 0 aliphatic carbocycles. The van der Waals surface area contributed by atoms with Crippen LogP contribution in [0.2, 0.25) is 0 Å². The molecule has 5 heteroatoms. The van der Waals surface area contributed by atoms with Crippen LogP contribution in [0, 0.1) is 13.8 Å². The van der Waals surface area contributed by atoms with Crippen LogP contribution >= 0.6 is 11.8 Å². The van der Waals surface area contributed by atoms with E-state index in [0.717, 1.165) is 16.7 Å². The summed E-state index contributed by atoms with van der Waals surface area (Å²) < 4.78 is 5.25. The predicted molar refractivity (Wildman–Crippen MR) is 111 cm³/mol. The van der Waals surface area contributed by atoms with Crippen molar-refractivity contribution >= 4 is 34.8 Å². The van der Waals surface area contributed by atoms with E-state index in [1.807, 2.05) is 45.9 Å². The van der Waals surface area contributed by atoms with E-state index < -0.39 is 0 Å². The second-order valence-electron chi connectivity index (χ2n) is 6.82. The number of benzene rings is 2. The van der Waals surface area contributed by atoms with Gasteiger partial charge < -0.3 is 4.74 Å². The van der Waals surface area contributed by atoms with E-state index in [-0.39, 0.29) is 17.1 Å². The zero-order chi connectivity index (χ0) is 19.7. The highest BCUT2D eigenvalue weighted by molar-refractivity contribution is 8.04. The molecule has 2 aromatic rings. The molecule has 0 radical (unpaired) electrons.